The van der Waals surface area contributed by atoms with E-state index in [2.05, 4.69) is 10.3 Å². The molecule has 0 spiro atoms. The fraction of sp³-hybridized carbons (Fsp3) is 0.269. The Hall–Kier alpha value is -4.07. The number of likely N-dealkylation sites (N-methyl/N-ethyl adjacent to an activating group) is 1. The van der Waals surface area contributed by atoms with Crippen LogP contribution < -0.4 is 19.5 Å². The summed E-state index contributed by atoms with van der Waals surface area (Å²) in [5.41, 5.74) is 2.59. The van der Waals surface area contributed by atoms with E-state index in [1.54, 1.807) is 49.7 Å². The maximum absolute atomic E-state index is 13.7. The number of hydrogen-bond acceptors (Lipinski definition) is 6. The van der Waals surface area contributed by atoms with E-state index in [0.29, 0.717) is 28.4 Å². The van der Waals surface area contributed by atoms with Gasteiger partial charge in [-0.15, -0.1) is 0 Å². The highest BCUT2D eigenvalue weighted by atomic mass is 16.5. The molecule has 34 heavy (non-hydrogen) atoms. The maximum atomic E-state index is 13.7. The summed E-state index contributed by atoms with van der Waals surface area (Å²) >= 11 is 0. The van der Waals surface area contributed by atoms with Crippen molar-refractivity contribution in [3.05, 3.63) is 83.2 Å². The molecule has 3 aromatic rings. The molecule has 0 aliphatic carbocycles. The molecule has 176 valence electrons. The summed E-state index contributed by atoms with van der Waals surface area (Å²) in [5.74, 6) is 0.430. The molecular weight excluding hydrogens is 434 g/mol. The van der Waals surface area contributed by atoms with Gasteiger partial charge in [-0.1, -0.05) is 24.3 Å². The third-order valence-electron chi connectivity index (χ3n) is 6.13. The van der Waals surface area contributed by atoms with Gasteiger partial charge in [0.2, 0.25) is 5.91 Å². The second-order valence-corrected chi connectivity index (χ2v) is 7.95. The van der Waals surface area contributed by atoms with Gasteiger partial charge in [0.1, 0.15) is 5.75 Å². The van der Waals surface area contributed by atoms with Crippen LogP contribution in [0.3, 0.4) is 0 Å². The molecule has 1 N–H and O–H groups in total. The highest BCUT2D eigenvalue weighted by Crippen LogP contribution is 2.45. The Balaban J connectivity index is 1.79. The average molecular weight is 462 g/mol. The maximum Gasteiger partial charge on any atom is 0.254 e. The van der Waals surface area contributed by atoms with Gasteiger partial charge in [0.15, 0.2) is 11.5 Å². The van der Waals surface area contributed by atoms with Gasteiger partial charge < -0.3 is 24.4 Å². The number of ether oxygens (including phenoxy) is 3. The monoisotopic (exact) mass is 461 g/mol. The molecule has 1 aromatic heterocycles. The van der Waals surface area contributed by atoms with Gasteiger partial charge in [0, 0.05) is 37.1 Å². The van der Waals surface area contributed by atoms with Gasteiger partial charge in [-0.2, -0.15) is 0 Å². The van der Waals surface area contributed by atoms with Gasteiger partial charge >= 0.3 is 0 Å². The van der Waals surface area contributed by atoms with E-state index in [1.807, 2.05) is 30.3 Å². The Kier molecular flexibility index (Phi) is 6.67. The number of carbonyl (C=O) groups excluding carboxylic acids is 2. The number of nitrogens with zero attached hydrogens (tertiary/aromatic N) is 2. The Morgan fingerprint density at radius 3 is 2.38 bits per heavy atom. The van der Waals surface area contributed by atoms with Crippen LogP contribution in [0.5, 0.6) is 17.2 Å². The summed E-state index contributed by atoms with van der Waals surface area (Å²) in [5, 5.41) is 3.04. The van der Waals surface area contributed by atoms with E-state index in [4.69, 9.17) is 14.2 Å². The van der Waals surface area contributed by atoms with Crippen LogP contribution in [0.2, 0.25) is 0 Å². The lowest BCUT2D eigenvalue weighted by atomic mass is 9.79. The minimum atomic E-state index is -0.698. The van der Waals surface area contributed by atoms with Crippen LogP contribution in [0.25, 0.3) is 0 Å². The third-order valence-corrected chi connectivity index (χ3v) is 6.13. The van der Waals surface area contributed by atoms with Crippen molar-refractivity contribution in [1.82, 2.24) is 15.2 Å². The van der Waals surface area contributed by atoms with Crippen molar-refractivity contribution < 1.29 is 23.8 Å². The highest BCUT2D eigenvalue weighted by molar-refractivity contribution is 6.02. The number of amides is 2. The number of pyridine rings is 1. The van der Waals surface area contributed by atoms with Crippen LogP contribution in [0.4, 0.5) is 0 Å². The fourth-order valence-electron chi connectivity index (χ4n) is 4.44. The quantitative estimate of drug-likeness (QED) is 0.581. The second-order valence-electron chi connectivity index (χ2n) is 7.95. The summed E-state index contributed by atoms with van der Waals surface area (Å²) in [6.45, 7) is 0.277. The zero-order valence-corrected chi connectivity index (χ0v) is 19.6. The van der Waals surface area contributed by atoms with E-state index in [-0.39, 0.29) is 18.4 Å². The lowest BCUT2D eigenvalue weighted by Gasteiger charge is -2.40. The number of fused-ring (bicyclic) bond motifs is 1. The summed E-state index contributed by atoms with van der Waals surface area (Å²) < 4.78 is 16.3. The first kappa shape index (κ1) is 23.1. The van der Waals surface area contributed by atoms with Crippen molar-refractivity contribution in [2.75, 3.05) is 28.4 Å². The van der Waals surface area contributed by atoms with Crippen molar-refractivity contribution in [3.63, 3.8) is 0 Å². The number of carbonyl (C=O) groups is 2. The first-order valence-electron chi connectivity index (χ1n) is 10.8. The Labute approximate surface area is 198 Å². The molecule has 8 heteroatoms. The average Bonchev–Trinajstić information content (AvgIpc) is 2.88. The minimum Gasteiger partial charge on any atom is -0.496 e. The molecule has 2 amide bonds. The van der Waals surface area contributed by atoms with Crippen molar-refractivity contribution in [3.8, 4) is 17.2 Å². The molecule has 1 aliphatic heterocycles. The zero-order chi connectivity index (χ0) is 24.2. The molecule has 2 atom stereocenters. The second kappa shape index (κ2) is 9.82. The van der Waals surface area contributed by atoms with Crippen molar-refractivity contribution in [1.29, 1.82) is 0 Å². The predicted octanol–water partition coefficient (Wildman–Crippen LogP) is 3.33. The first-order valence-corrected chi connectivity index (χ1v) is 10.8. The van der Waals surface area contributed by atoms with Crippen LogP contribution in [0.15, 0.2) is 60.9 Å². The van der Waals surface area contributed by atoms with E-state index in [1.165, 1.54) is 14.2 Å². The topological polar surface area (TPSA) is 90.0 Å². The van der Waals surface area contributed by atoms with Crippen LogP contribution in [0.1, 0.15) is 39.0 Å². The number of methoxy groups -OCH3 is 3. The summed E-state index contributed by atoms with van der Waals surface area (Å²) in [7, 11) is 6.32. The van der Waals surface area contributed by atoms with Crippen LogP contribution in [-0.2, 0) is 11.3 Å². The van der Waals surface area contributed by atoms with Crippen LogP contribution in [0, 0.1) is 0 Å². The molecule has 0 fully saturated rings. The number of hydrogen-bond donors (Lipinski definition) is 1. The Morgan fingerprint density at radius 2 is 1.71 bits per heavy atom. The van der Waals surface area contributed by atoms with Crippen LogP contribution >= 0.6 is 0 Å². The summed E-state index contributed by atoms with van der Waals surface area (Å²) in [4.78, 5) is 32.9. The number of para-hydroxylation sites is 1. The zero-order valence-electron chi connectivity index (χ0n) is 19.6. The number of aromatic nitrogens is 1. The van der Waals surface area contributed by atoms with Gasteiger partial charge in [-0.3, -0.25) is 14.6 Å². The lowest BCUT2D eigenvalue weighted by molar-refractivity contribution is -0.124. The Morgan fingerprint density at radius 1 is 1.00 bits per heavy atom. The number of nitrogens with one attached hydrogen (secondary N) is 1. The van der Waals surface area contributed by atoms with E-state index >= 15 is 0 Å². The van der Waals surface area contributed by atoms with Crippen molar-refractivity contribution in [2.24, 2.45) is 0 Å². The Bertz CT molecular complexity index is 1200. The standard InChI is InChI=1S/C26H27N3O5/c1-29-24(17-9-7-11-27-14-17)23(25(30)28-15-16-8-5-6-10-20(16)32-2)18-12-21(33-3)22(34-4)13-19(18)26(29)31/h5-14,23-24H,15H2,1-4H3,(H,28,30)/t23-,24+/m0/s1. The van der Waals surface area contributed by atoms with Gasteiger partial charge in [-0.05, 0) is 35.4 Å². The molecule has 8 nitrogen and oxygen atoms in total. The molecule has 2 heterocycles. The molecule has 0 bridgehead atoms. The molecule has 1 aliphatic rings. The first-order chi connectivity index (χ1) is 16.5. The van der Waals surface area contributed by atoms with E-state index < -0.39 is 12.0 Å². The number of benzene rings is 2. The smallest absolute Gasteiger partial charge is 0.254 e. The summed E-state index contributed by atoms with van der Waals surface area (Å²) in [6, 6.07) is 14.0. The normalized spacial score (nSPS) is 17.1. The molecule has 0 unspecified atom stereocenters. The predicted molar refractivity (Wildman–Crippen MR) is 126 cm³/mol. The lowest BCUT2D eigenvalue weighted by Crippen LogP contribution is -2.45. The number of rotatable bonds is 7. The molecule has 2 aromatic carbocycles. The molecule has 0 radical (unpaired) electrons. The van der Waals surface area contributed by atoms with Gasteiger partial charge in [-0.25, -0.2) is 0 Å². The van der Waals surface area contributed by atoms with Gasteiger partial charge in [0.05, 0.1) is 33.3 Å². The fourth-order valence-corrected chi connectivity index (χ4v) is 4.44. The molecule has 4 rings (SSSR count). The SMILES string of the molecule is COc1ccccc1CNC(=O)[C@H]1c2cc(OC)c(OC)cc2C(=O)N(C)[C@@H]1c1cccnc1. The van der Waals surface area contributed by atoms with Gasteiger partial charge in [0.25, 0.3) is 5.91 Å². The van der Waals surface area contributed by atoms with Crippen molar-refractivity contribution >= 4 is 11.8 Å². The molecule has 0 saturated carbocycles. The molecule has 0 saturated heterocycles. The largest absolute Gasteiger partial charge is 0.496 e. The summed E-state index contributed by atoms with van der Waals surface area (Å²) in [6.07, 6.45) is 3.34. The van der Waals surface area contributed by atoms with E-state index in [0.717, 1.165) is 11.1 Å². The van der Waals surface area contributed by atoms with E-state index in [9.17, 15) is 9.59 Å². The minimum absolute atomic E-state index is 0.210. The van der Waals surface area contributed by atoms with Crippen molar-refractivity contribution in [2.45, 2.75) is 18.5 Å². The third kappa shape index (κ3) is 4.14. The van der Waals surface area contributed by atoms with Crippen LogP contribution in [-0.4, -0.2) is 50.1 Å². The highest BCUT2D eigenvalue weighted by Gasteiger charge is 2.43. The molecular formula is C26H27N3O5.